The van der Waals surface area contributed by atoms with Crippen molar-refractivity contribution in [2.75, 3.05) is 6.61 Å². The van der Waals surface area contributed by atoms with E-state index in [1.165, 1.54) is 0 Å². The number of nitriles is 1. The summed E-state index contributed by atoms with van der Waals surface area (Å²) in [5, 5.41) is 9.06. The summed E-state index contributed by atoms with van der Waals surface area (Å²) in [6.07, 6.45) is 0.776. The Labute approximate surface area is 103 Å². The van der Waals surface area contributed by atoms with Gasteiger partial charge in [0, 0.05) is 18.1 Å². The van der Waals surface area contributed by atoms with Crippen molar-refractivity contribution in [1.82, 2.24) is 0 Å². The Morgan fingerprint density at radius 2 is 2.18 bits per heavy atom. The highest BCUT2D eigenvalue weighted by Gasteiger charge is 2.23. The molecule has 0 radical (unpaired) electrons. The monoisotopic (exact) mass is 247 g/mol. The molecule has 0 bridgehead atoms. The third kappa shape index (κ3) is 2.80. The molecule has 2 rings (SSSR count). The highest BCUT2D eigenvalue weighted by atomic mass is 28.4. The quantitative estimate of drug-likeness (QED) is 0.753. The van der Waals surface area contributed by atoms with E-state index in [2.05, 4.69) is 25.7 Å². The number of hydrogen-bond donors (Lipinski definition) is 0. The molecule has 1 heterocycles. The molecule has 1 aliphatic rings. The summed E-state index contributed by atoms with van der Waals surface area (Å²) in [6.45, 7) is 7.05. The van der Waals surface area contributed by atoms with E-state index >= 15 is 0 Å². The third-order valence-corrected chi connectivity index (χ3v) is 3.45. The average molecular weight is 247 g/mol. The molecule has 0 saturated heterocycles. The molecule has 0 aromatic heterocycles. The summed E-state index contributed by atoms with van der Waals surface area (Å²) < 4.78 is 11.5. The van der Waals surface area contributed by atoms with Crippen molar-refractivity contribution in [2.24, 2.45) is 0 Å². The zero-order valence-electron chi connectivity index (χ0n) is 10.5. The van der Waals surface area contributed by atoms with Crippen LogP contribution in [0.4, 0.5) is 0 Å². The van der Waals surface area contributed by atoms with Crippen molar-refractivity contribution in [3.05, 3.63) is 23.8 Å². The summed E-state index contributed by atoms with van der Waals surface area (Å²) in [5.41, 5.74) is 0.988. The van der Waals surface area contributed by atoms with Gasteiger partial charge < -0.3 is 9.16 Å². The lowest BCUT2D eigenvalue weighted by Gasteiger charge is -2.24. The Morgan fingerprint density at radius 3 is 2.82 bits per heavy atom. The molecule has 4 heteroatoms. The SMILES string of the molecule is C[Si](C)(C)Oc1ccc2c(c1)OCCC2C#N. The molecule has 1 aromatic rings. The van der Waals surface area contributed by atoms with Crippen LogP contribution in [-0.4, -0.2) is 14.9 Å². The van der Waals surface area contributed by atoms with Crippen LogP contribution in [0.15, 0.2) is 18.2 Å². The van der Waals surface area contributed by atoms with Gasteiger partial charge in [-0.25, -0.2) is 0 Å². The van der Waals surface area contributed by atoms with Gasteiger partial charge in [-0.1, -0.05) is 6.07 Å². The number of ether oxygens (including phenoxy) is 1. The van der Waals surface area contributed by atoms with E-state index in [1.807, 2.05) is 18.2 Å². The van der Waals surface area contributed by atoms with Gasteiger partial charge in [0.15, 0.2) is 0 Å². The minimum atomic E-state index is -1.59. The van der Waals surface area contributed by atoms with E-state index in [1.54, 1.807) is 0 Å². The van der Waals surface area contributed by atoms with Gasteiger partial charge in [-0.05, 0) is 25.7 Å². The minimum Gasteiger partial charge on any atom is -0.544 e. The van der Waals surface area contributed by atoms with E-state index < -0.39 is 8.32 Å². The zero-order valence-corrected chi connectivity index (χ0v) is 11.5. The van der Waals surface area contributed by atoms with Crippen LogP contribution in [0.2, 0.25) is 19.6 Å². The second-order valence-corrected chi connectivity index (χ2v) is 9.66. The van der Waals surface area contributed by atoms with Crippen LogP contribution in [0.25, 0.3) is 0 Å². The maximum Gasteiger partial charge on any atom is 0.242 e. The lowest BCUT2D eigenvalue weighted by Crippen LogP contribution is -2.29. The largest absolute Gasteiger partial charge is 0.544 e. The average Bonchev–Trinajstić information content (AvgIpc) is 2.25. The molecule has 1 atom stereocenters. The molecule has 0 N–H and O–H groups in total. The standard InChI is InChI=1S/C13H17NO2Si/c1-17(2,3)16-11-4-5-12-10(9-14)6-7-15-13(12)8-11/h4-5,8,10H,6-7H2,1-3H3. The Morgan fingerprint density at radius 1 is 1.41 bits per heavy atom. The molecule has 0 amide bonds. The van der Waals surface area contributed by atoms with Crippen LogP contribution < -0.4 is 9.16 Å². The number of benzene rings is 1. The molecule has 90 valence electrons. The molecule has 0 saturated carbocycles. The van der Waals surface area contributed by atoms with Gasteiger partial charge in [-0.2, -0.15) is 5.26 Å². The Bertz CT molecular complexity index is 459. The van der Waals surface area contributed by atoms with Gasteiger partial charge >= 0.3 is 0 Å². The lowest BCUT2D eigenvalue weighted by atomic mass is 9.94. The van der Waals surface area contributed by atoms with Crippen molar-refractivity contribution >= 4 is 8.32 Å². The molecule has 0 aliphatic carbocycles. The maximum absolute atomic E-state index is 9.06. The number of rotatable bonds is 2. The van der Waals surface area contributed by atoms with Gasteiger partial charge in [-0.15, -0.1) is 0 Å². The number of fused-ring (bicyclic) bond motifs is 1. The van der Waals surface area contributed by atoms with E-state index in [0.717, 1.165) is 23.5 Å². The second-order valence-electron chi connectivity index (χ2n) is 5.23. The fourth-order valence-corrected chi connectivity index (χ4v) is 2.76. The van der Waals surface area contributed by atoms with Crippen LogP contribution in [0.3, 0.4) is 0 Å². The summed E-state index contributed by atoms with van der Waals surface area (Å²) in [6, 6.07) is 8.13. The number of nitrogens with zero attached hydrogens (tertiary/aromatic N) is 1. The first-order valence-electron chi connectivity index (χ1n) is 5.85. The van der Waals surface area contributed by atoms with Crippen molar-refractivity contribution in [2.45, 2.75) is 32.0 Å². The normalized spacial score (nSPS) is 18.8. The third-order valence-electron chi connectivity index (χ3n) is 2.60. The minimum absolute atomic E-state index is 0.0420. The number of hydrogen-bond acceptors (Lipinski definition) is 3. The molecule has 1 unspecified atom stereocenters. The predicted molar refractivity (Wildman–Crippen MR) is 68.9 cm³/mol. The van der Waals surface area contributed by atoms with E-state index in [9.17, 15) is 0 Å². The Balaban J connectivity index is 2.29. The molecular weight excluding hydrogens is 230 g/mol. The van der Waals surface area contributed by atoms with Crippen molar-refractivity contribution in [3.8, 4) is 17.6 Å². The second kappa shape index (κ2) is 4.42. The van der Waals surface area contributed by atoms with Crippen LogP contribution in [0.5, 0.6) is 11.5 Å². The highest BCUT2D eigenvalue weighted by Crippen LogP contribution is 2.36. The lowest BCUT2D eigenvalue weighted by molar-refractivity contribution is 0.279. The first-order valence-corrected chi connectivity index (χ1v) is 9.26. The van der Waals surface area contributed by atoms with E-state index in [4.69, 9.17) is 14.4 Å². The summed E-state index contributed by atoms with van der Waals surface area (Å²) >= 11 is 0. The van der Waals surface area contributed by atoms with Gasteiger partial charge in [0.2, 0.25) is 8.32 Å². The Kier molecular flexibility index (Phi) is 3.12. The molecule has 1 aliphatic heterocycles. The smallest absolute Gasteiger partial charge is 0.242 e. The van der Waals surface area contributed by atoms with Crippen molar-refractivity contribution in [3.63, 3.8) is 0 Å². The fraction of sp³-hybridized carbons (Fsp3) is 0.462. The van der Waals surface area contributed by atoms with E-state index in [0.29, 0.717) is 6.61 Å². The summed E-state index contributed by atoms with van der Waals surface area (Å²) in [4.78, 5) is 0. The molecule has 3 nitrogen and oxygen atoms in total. The summed E-state index contributed by atoms with van der Waals surface area (Å²) in [7, 11) is -1.59. The van der Waals surface area contributed by atoms with Crippen LogP contribution in [0.1, 0.15) is 17.9 Å². The predicted octanol–water partition coefficient (Wildman–Crippen LogP) is 3.29. The van der Waals surface area contributed by atoms with Gasteiger partial charge in [0.25, 0.3) is 0 Å². The van der Waals surface area contributed by atoms with Gasteiger partial charge in [0.1, 0.15) is 11.5 Å². The first kappa shape index (κ1) is 12.0. The van der Waals surface area contributed by atoms with Crippen LogP contribution >= 0.6 is 0 Å². The molecule has 17 heavy (non-hydrogen) atoms. The van der Waals surface area contributed by atoms with Crippen molar-refractivity contribution < 1.29 is 9.16 Å². The topological polar surface area (TPSA) is 42.2 Å². The first-order chi connectivity index (χ1) is 7.99. The maximum atomic E-state index is 9.06. The highest BCUT2D eigenvalue weighted by molar-refractivity contribution is 6.70. The van der Waals surface area contributed by atoms with Gasteiger partial charge in [0.05, 0.1) is 18.6 Å². The molecule has 1 aromatic carbocycles. The molecular formula is C13H17NO2Si. The molecule has 0 fully saturated rings. The Hall–Kier alpha value is -1.47. The van der Waals surface area contributed by atoms with Gasteiger partial charge in [-0.3, -0.25) is 0 Å². The van der Waals surface area contributed by atoms with Crippen LogP contribution in [0, 0.1) is 11.3 Å². The zero-order chi connectivity index (χ0) is 12.5. The fourth-order valence-electron chi connectivity index (χ4n) is 1.92. The summed E-state index contributed by atoms with van der Waals surface area (Å²) in [5.74, 6) is 1.61. The van der Waals surface area contributed by atoms with Crippen molar-refractivity contribution in [1.29, 1.82) is 5.26 Å². The van der Waals surface area contributed by atoms with Crippen LogP contribution in [-0.2, 0) is 0 Å². The van der Waals surface area contributed by atoms with E-state index in [-0.39, 0.29) is 5.92 Å². The molecule has 0 spiro atoms.